The maximum Gasteiger partial charge on any atom is 0.346 e. The smallest absolute Gasteiger partial charge is 0.346 e. The fourth-order valence-electron chi connectivity index (χ4n) is 2.85. The molecule has 0 atom stereocenters. The van der Waals surface area contributed by atoms with Crippen LogP contribution in [0.5, 0.6) is 17.2 Å². The molecule has 0 aliphatic heterocycles. The van der Waals surface area contributed by atoms with Crippen LogP contribution in [0.1, 0.15) is 39.6 Å². The molecule has 0 bridgehead atoms. The average molecular weight is 541 g/mol. The summed E-state index contributed by atoms with van der Waals surface area (Å²) in [7, 11) is 0. The van der Waals surface area contributed by atoms with E-state index in [9.17, 15) is 34.1 Å². The molecule has 14 nitrogen and oxygen atoms in total. The highest BCUT2D eigenvalue weighted by molar-refractivity contribution is 6.18. The molecule has 2 rings (SSSR count). The fourth-order valence-corrected chi connectivity index (χ4v) is 2.85. The van der Waals surface area contributed by atoms with Crippen LogP contribution in [0.15, 0.2) is 36.4 Å². The zero-order chi connectivity index (χ0) is 26.7. The van der Waals surface area contributed by atoms with Crippen LogP contribution >= 0.6 is 12.4 Å². The molecule has 0 saturated carbocycles. The first-order valence-electron chi connectivity index (χ1n) is 10.1. The number of carbonyl (C=O) groups is 5. The minimum absolute atomic E-state index is 0. The molecule has 0 spiro atoms. The lowest BCUT2D eigenvalue weighted by molar-refractivity contribution is -0.757. The van der Waals surface area contributed by atoms with Crippen LogP contribution in [-0.4, -0.2) is 55.0 Å². The monoisotopic (exact) mass is 540 g/mol. The van der Waals surface area contributed by atoms with Crippen LogP contribution < -0.4 is 19.9 Å². The van der Waals surface area contributed by atoms with Crippen LogP contribution in [0.3, 0.4) is 0 Å². The standard InChI is InChI=1S/C22H20N2O12.ClH/c1-13(26)35-16-6-3-2-5-14(16)20(28)19-15(22(29)33-12-25)7-8-17(21(19)36-18(27)11-23)32-9-4-10-34-24(30)31;/h2-3,5-8,12H,4,9-11,23H2,1H3;1H. The maximum atomic E-state index is 13.6. The Labute approximate surface area is 215 Å². The van der Waals surface area contributed by atoms with E-state index in [4.69, 9.17) is 19.9 Å². The number of halogens is 1. The Morgan fingerprint density at radius 1 is 1.00 bits per heavy atom. The zero-order valence-electron chi connectivity index (χ0n) is 19.2. The molecule has 0 heterocycles. The second-order valence-corrected chi connectivity index (χ2v) is 6.67. The summed E-state index contributed by atoms with van der Waals surface area (Å²) in [6, 6.07) is 7.77. The van der Waals surface area contributed by atoms with E-state index in [2.05, 4.69) is 9.57 Å². The molecule has 2 aromatic carbocycles. The van der Waals surface area contributed by atoms with E-state index in [1.165, 1.54) is 24.3 Å². The summed E-state index contributed by atoms with van der Waals surface area (Å²) in [6.45, 7) is -0.155. The van der Waals surface area contributed by atoms with E-state index in [0.29, 0.717) is 0 Å². The number of nitrogens with zero attached hydrogens (tertiary/aromatic N) is 1. The van der Waals surface area contributed by atoms with Gasteiger partial charge in [-0.2, -0.15) is 0 Å². The lowest BCUT2D eigenvalue weighted by Gasteiger charge is -2.18. The summed E-state index contributed by atoms with van der Waals surface area (Å²) in [5.41, 5.74) is 4.09. The fraction of sp³-hybridized carbons (Fsp3) is 0.227. The third-order valence-corrected chi connectivity index (χ3v) is 4.23. The maximum absolute atomic E-state index is 13.6. The lowest BCUT2D eigenvalue weighted by Crippen LogP contribution is -2.23. The summed E-state index contributed by atoms with van der Waals surface area (Å²) in [5, 5.41) is 9.29. The number of para-hydroxylation sites is 1. The van der Waals surface area contributed by atoms with Gasteiger partial charge in [0.2, 0.25) is 5.78 Å². The number of nitrogens with two attached hydrogens (primary N) is 1. The summed E-state index contributed by atoms with van der Waals surface area (Å²) >= 11 is 0. The molecule has 37 heavy (non-hydrogen) atoms. The second kappa shape index (κ2) is 14.8. The molecule has 0 saturated heterocycles. The molecule has 15 heteroatoms. The van der Waals surface area contributed by atoms with Crippen LogP contribution in [0.2, 0.25) is 0 Å². The van der Waals surface area contributed by atoms with Crippen molar-refractivity contribution in [3.05, 3.63) is 63.2 Å². The van der Waals surface area contributed by atoms with E-state index in [1.54, 1.807) is 0 Å². The van der Waals surface area contributed by atoms with Crippen molar-refractivity contribution in [3.63, 3.8) is 0 Å². The first-order valence-corrected chi connectivity index (χ1v) is 10.1. The van der Waals surface area contributed by atoms with Gasteiger partial charge >= 0.3 is 24.4 Å². The van der Waals surface area contributed by atoms with E-state index in [-0.39, 0.29) is 55.6 Å². The van der Waals surface area contributed by atoms with Crippen LogP contribution in [0.25, 0.3) is 0 Å². The largest absolute Gasteiger partial charge is 0.490 e. The third kappa shape index (κ3) is 8.55. The summed E-state index contributed by atoms with van der Waals surface area (Å²) in [5.74, 6) is -4.87. The van der Waals surface area contributed by atoms with Crippen molar-refractivity contribution >= 4 is 42.6 Å². The number of esters is 3. The Bertz CT molecular complexity index is 1180. The van der Waals surface area contributed by atoms with Gasteiger partial charge in [-0.3, -0.25) is 19.2 Å². The van der Waals surface area contributed by atoms with Gasteiger partial charge in [0.25, 0.3) is 5.09 Å². The number of carbonyl (C=O) groups excluding carboxylic acids is 5. The highest BCUT2D eigenvalue weighted by atomic mass is 35.5. The Kier molecular flexibility index (Phi) is 12.1. The van der Waals surface area contributed by atoms with Crippen LogP contribution in [0, 0.1) is 10.1 Å². The molecular formula is C22H21ClN2O12. The van der Waals surface area contributed by atoms with Crippen molar-refractivity contribution in [2.24, 2.45) is 5.73 Å². The highest BCUT2D eigenvalue weighted by Gasteiger charge is 2.30. The Morgan fingerprint density at radius 3 is 2.32 bits per heavy atom. The predicted octanol–water partition coefficient (Wildman–Crippen LogP) is 1.42. The van der Waals surface area contributed by atoms with E-state index in [0.717, 1.165) is 19.1 Å². The molecule has 0 aliphatic carbocycles. The zero-order valence-corrected chi connectivity index (χ0v) is 20.0. The molecule has 2 aromatic rings. The average Bonchev–Trinajstić information content (AvgIpc) is 2.83. The predicted molar refractivity (Wildman–Crippen MR) is 124 cm³/mol. The molecule has 198 valence electrons. The van der Waals surface area contributed by atoms with Crippen molar-refractivity contribution in [1.29, 1.82) is 0 Å². The molecule has 0 amide bonds. The Hall–Kier alpha value is -4.56. The van der Waals surface area contributed by atoms with Crippen molar-refractivity contribution < 1.29 is 52.8 Å². The number of rotatable bonds is 13. The van der Waals surface area contributed by atoms with Gasteiger partial charge in [-0.05, 0) is 24.3 Å². The number of benzene rings is 2. The van der Waals surface area contributed by atoms with Gasteiger partial charge in [0.1, 0.15) is 5.75 Å². The first-order chi connectivity index (χ1) is 17.2. The third-order valence-electron chi connectivity index (χ3n) is 4.23. The van der Waals surface area contributed by atoms with Gasteiger partial charge in [0, 0.05) is 13.3 Å². The van der Waals surface area contributed by atoms with E-state index < -0.39 is 52.2 Å². The molecule has 0 aromatic heterocycles. The number of ether oxygens (including phenoxy) is 4. The molecule has 0 aliphatic rings. The lowest BCUT2D eigenvalue weighted by atomic mass is 9.96. The topological polar surface area (TPSA) is 201 Å². The Morgan fingerprint density at radius 2 is 1.70 bits per heavy atom. The number of ketones is 1. The molecule has 2 N–H and O–H groups in total. The van der Waals surface area contributed by atoms with Crippen LogP contribution in [-0.2, 0) is 24.0 Å². The number of hydrogen-bond acceptors (Lipinski definition) is 13. The SMILES string of the molecule is CC(=O)Oc1ccccc1C(=O)c1c(C(=O)OC=O)ccc(OCCCO[N+](=O)[O-])c1OC(=O)CN.Cl. The van der Waals surface area contributed by atoms with Crippen molar-refractivity contribution in [2.45, 2.75) is 13.3 Å². The van der Waals surface area contributed by atoms with Gasteiger partial charge < -0.3 is 29.5 Å². The molecule has 0 radical (unpaired) electrons. The van der Waals surface area contributed by atoms with Crippen molar-refractivity contribution in [2.75, 3.05) is 19.8 Å². The minimum atomic E-state index is -1.26. The van der Waals surface area contributed by atoms with Gasteiger partial charge in [-0.25, -0.2) is 4.79 Å². The van der Waals surface area contributed by atoms with Crippen molar-refractivity contribution in [1.82, 2.24) is 0 Å². The quantitative estimate of drug-likeness (QED) is 0.0559. The summed E-state index contributed by atoms with van der Waals surface area (Å²) in [6.07, 6.45) is 0.0265. The highest BCUT2D eigenvalue weighted by Crippen LogP contribution is 2.37. The van der Waals surface area contributed by atoms with Crippen molar-refractivity contribution in [3.8, 4) is 17.2 Å². The molecule has 0 unspecified atom stereocenters. The van der Waals surface area contributed by atoms with E-state index in [1.807, 2.05) is 0 Å². The van der Waals surface area contributed by atoms with Gasteiger partial charge in [-0.1, -0.05) is 12.1 Å². The minimum Gasteiger partial charge on any atom is -0.490 e. The Balaban J connectivity index is 0.00000684. The molecular weight excluding hydrogens is 520 g/mol. The van der Waals surface area contributed by atoms with E-state index >= 15 is 0 Å². The van der Waals surface area contributed by atoms with Gasteiger partial charge in [-0.15, -0.1) is 22.5 Å². The second-order valence-electron chi connectivity index (χ2n) is 6.67. The summed E-state index contributed by atoms with van der Waals surface area (Å²) < 4.78 is 20.1. The van der Waals surface area contributed by atoms with Gasteiger partial charge in [0.15, 0.2) is 11.5 Å². The van der Waals surface area contributed by atoms with Gasteiger partial charge in [0.05, 0.1) is 36.4 Å². The number of hydrogen-bond donors (Lipinski definition) is 1. The normalized spacial score (nSPS) is 9.78. The summed E-state index contributed by atoms with van der Waals surface area (Å²) in [4.78, 5) is 74.9. The van der Waals surface area contributed by atoms with Crippen LogP contribution in [0.4, 0.5) is 0 Å². The first kappa shape index (κ1) is 30.5. The molecule has 0 fully saturated rings.